The van der Waals surface area contributed by atoms with Crippen LogP contribution in [-0.2, 0) is 11.2 Å². The van der Waals surface area contributed by atoms with Crippen molar-refractivity contribution in [3.05, 3.63) is 23.8 Å². The first-order chi connectivity index (χ1) is 11.9. The van der Waals surface area contributed by atoms with Gasteiger partial charge in [0.1, 0.15) is 11.3 Å². The van der Waals surface area contributed by atoms with E-state index < -0.39 is 12.2 Å². The Bertz CT molecular complexity index is 700. The number of nitrogens with zero attached hydrogens (tertiary/aromatic N) is 2. The second-order valence-electron chi connectivity index (χ2n) is 6.80. The highest BCUT2D eigenvalue weighted by molar-refractivity contribution is 5.84. The second-order valence-corrected chi connectivity index (χ2v) is 6.80. The lowest BCUT2D eigenvalue weighted by Gasteiger charge is -2.33. The van der Waals surface area contributed by atoms with Crippen LogP contribution in [0.1, 0.15) is 31.7 Å². The molecule has 3 rings (SSSR count). The van der Waals surface area contributed by atoms with E-state index in [1.54, 1.807) is 17.9 Å². The van der Waals surface area contributed by atoms with E-state index >= 15 is 0 Å². The second kappa shape index (κ2) is 6.87. The summed E-state index contributed by atoms with van der Waals surface area (Å²) in [7, 11) is 0. The summed E-state index contributed by atoms with van der Waals surface area (Å²) in [5.74, 6) is -0.00583. The summed E-state index contributed by atoms with van der Waals surface area (Å²) in [6.07, 6.45) is 3.45. The number of carbonyl (C=O) groups excluding carboxylic acids is 1. The number of aryl methyl sites for hydroxylation is 1. The maximum absolute atomic E-state index is 12.7. The number of amides is 1. The highest BCUT2D eigenvalue weighted by atomic mass is 19.3. The minimum atomic E-state index is -2.92. The topological polar surface area (TPSA) is 65.4 Å². The molecule has 1 heterocycles. The largest absolute Gasteiger partial charge is 0.433 e. The van der Waals surface area contributed by atoms with Crippen molar-refractivity contribution in [2.24, 2.45) is 5.92 Å². The van der Waals surface area contributed by atoms with E-state index in [1.165, 1.54) is 6.07 Å². The van der Waals surface area contributed by atoms with Gasteiger partial charge in [0, 0.05) is 6.54 Å². The molecule has 1 aliphatic carbocycles. The Morgan fingerprint density at radius 3 is 2.92 bits per heavy atom. The monoisotopic (exact) mass is 349 g/mol. The smallest absolute Gasteiger partial charge is 0.387 e. The Balaban J connectivity index is 1.76. The van der Waals surface area contributed by atoms with E-state index in [2.05, 4.69) is 16.1 Å². The zero-order chi connectivity index (χ0) is 18.0. The van der Waals surface area contributed by atoms with Crippen LogP contribution >= 0.6 is 0 Å². The van der Waals surface area contributed by atoms with Crippen LogP contribution in [-0.4, -0.2) is 31.1 Å². The van der Waals surface area contributed by atoms with Crippen molar-refractivity contribution in [1.29, 1.82) is 5.26 Å². The van der Waals surface area contributed by atoms with Crippen molar-refractivity contribution in [1.82, 2.24) is 5.32 Å². The first-order valence-electron chi connectivity index (χ1n) is 8.47. The molecule has 7 heteroatoms. The van der Waals surface area contributed by atoms with Gasteiger partial charge in [0.15, 0.2) is 0 Å². The van der Waals surface area contributed by atoms with Crippen LogP contribution in [0.15, 0.2) is 18.2 Å². The normalized spacial score (nSPS) is 18.9. The molecule has 1 saturated carbocycles. The summed E-state index contributed by atoms with van der Waals surface area (Å²) >= 11 is 0. The predicted octanol–water partition coefficient (Wildman–Crippen LogP) is 2.85. The molecule has 5 nitrogen and oxygen atoms in total. The van der Waals surface area contributed by atoms with Gasteiger partial charge >= 0.3 is 6.61 Å². The van der Waals surface area contributed by atoms with E-state index in [0.29, 0.717) is 12.2 Å². The predicted molar refractivity (Wildman–Crippen MR) is 88.5 cm³/mol. The number of nitriles is 1. The lowest BCUT2D eigenvalue weighted by molar-refractivity contribution is -0.121. The summed E-state index contributed by atoms with van der Waals surface area (Å²) < 4.78 is 30.0. The number of ether oxygens (including phenoxy) is 1. The Kier molecular flexibility index (Phi) is 4.80. The first kappa shape index (κ1) is 17.5. The third-order valence-corrected chi connectivity index (χ3v) is 4.85. The molecule has 0 spiro atoms. The lowest BCUT2D eigenvalue weighted by atomic mass is 9.97. The molecule has 1 aromatic carbocycles. The first-order valence-corrected chi connectivity index (χ1v) is 8.47. The fourth-order valence-electron chi connectivity index (χ4n) is 3.43. The van der Waals surface area contributed by atoms with Crippen molar-refractivity contribution in [3.8, 4) is 11.8 Å². The minimum Gasteiger partial charge on any atom is -0.433 e. The third-order valence-electron chi connectivity index (χ3n) is 4.85. The number of hydrogen-bond acceptors (Lipinski definition) is 4. The SMILES string of the molecule is C[C@](C#N)(NC(=O)CN1CCCc2cccc(OC(F)F)c21)C1CC1. The van der Waals surface area contributed by atoms with Crippen LogP contribution in [0.4, 0.5) is 14.5 Å². The van der Waals surface area contributed by atoms with E-state index in [-0.39, 0.29) is 24.1 Å². The Labute approximate surface area is 145 Å². The number of rotatable bonds is 6. The van der Waals surface area contributed by atoms with Gasteiger partial charge in [0.05, 0.1) is 18.3 Å². The highest BCUT2D eigenvalue weighted by Crippen LogP contribution is 2.40. The molecule has 1 atom stereocenters. The van der Waals surface area contributed by atoms with Gasteiger partial charge in [0.2, 0.25) is 5.91 Å². The molecule has 0 saturated heterocycles. The molecule has 1 amide bonds. The number of benzene rings is 1. The summed E-state index contributed by atoms with van der Waals surface area (Å²) in [6, 6.07) is 7.22. The van der Waals surface area contributed by atoms with Crippen LogP contribution in [0.5, 0.6) is 5.75 Å². The van der Waals surface area contributed by atoms with Crippen LogP contribution in [0.25, 0.3) is 0 Å². The Morgan fingerprint density at radius 1 is 1.52 bits per heavy atom. The maximum atomic E-state index is 12.7. The summed E-state index contributed by atoms with van der Waals surface area (Å²) in [6.45, 7) is -0.587. The van der Waals surface area contributed by atoms with Crippen molar-refractivity contribution in [2.75, 3.05) is 18.0 Å². The van der Waals surface area contributed by atoms with Crippen molar-refractivity contribution < 1.29 is 18.3 Å². The van der Waals surface area contributed by atoms with Gasteiger partial charge in [0.25, 0.3) is 0 Å². The highest BCUT2D eigenvalue weighted by Gasteiger charge is 2.43. The van der Waals surface area contributed by atoms with E-state index in [1.807, 2.05) is 6.07 Å². The minimum absolute atomic E-state index is 0.0145. The number of carbonyl (C=O) groups is 1. The summed E-state index contributed by atoms with van der Waals surface area (Å²) in [4.78, 5) is 14.2. The number of alkyl halides is 2. The molecule has 0 radical (unpaired) electrons. The van der Waals surface area contributed by atoms with Gasteiger partial charge in [-0.15, -0.1) is 0 Å². The third kappa shape index (κ3) is 3.84. The molecule has 2 aliphatic rings. The summed E-state index contributed by atoms with van der Waals surface area (Å²) in [5, 5.41) is 12.2. The molecule has 25 heavy (non-hydrogen) atoms. The van der Waals surface area contributed by atoms with Crippen LogP contribution < -0.4 is 15.0 Å². The van der Waals surface area contributed by atoms with Gasteiger partial charge < -0.3 is 15.0 Å². The number of nitrogens with one attached hydrogen (secondary N) is 1. The molecule has 1 aromatic rings. The Hall–Kier alpha value is -2.36. The van der Waals surface area contributed by atoms with Gasteiger partial charge in [-0.2, -0.15) is 14.0 Å². The summed E-state index contributed by atoms with van der Waals surface area (Å²) in [5.41, 5.74) is 0.575. The molecule has 0 unspecified atom stereocenters. The molecule has 1 aliphatic heterocycles. The maximum Gasteiger partial charge on any atom is 0.387 e. The van der Waals surface area contributed by atoms with E-state index in [4.69, 9.17) is 0 Å². The van der Waals surface area contributed by atoms with Gasteiger partial charge in [-0.25, -0.2) is 0 Å². The molecule has 1 N–H and O–H groups in total. The van der Waals surface area contributed by atoms with Crippen LogP contribution in [0, 0.1) is 17.2 Å². The van der Waals surface area contributed by atoms with E-state index in [0.717, 1.165) is 31.2 Å². The molecule has 0 bridgehead atoms. The standard InChI is InChI=1S/C18H21F2N3O2/c1-18(11-21,13-7-8-13)22-15(24)10-23-9-3-5-12-4-2-6-14(16(12)23)25-17(19)20/h2,4,6,13,17H,3,5,7-10H2,1H3,(H,22,24)/t18-/m1/s1. The quantitative estimate of drug-likeness (QED) is 0.858. The van der Waals surface area contributed by atoms with Gasteiger partial charge in [-0.3, -0.25) is 4.79 Å². The van der Waals surface area contributed by atoms with Crippen molar-refractivity contribution in [2.45, 2.75) is 44.8 Å². The molecular formula is C18H21F2N3O2. The number of halogens is 2. The fourth-order valence-corrected chi connectivity index (χ4v) is 3.43. The number of anilines is 1. The molecule has 0 aromatic heterocycles. The zero-order valence-electron chi connectivity index (χ0n) is 14.1. The number of para-hydroxylation sites is 1. The van der Waals surface area contributed by atoms with Gasteiger partial charge in [-0.05, 0) is 50.2 Å². The molecule has 134 valence electrons. The van der Waals surface area contributed by atoms with Crippen LogP contribution in [0.3, 0.4) is 0 Å². The van der Waals surface area contributed by atoms with Crippen molar-refractivity contribution >= 4 is 11.6 Å². The molecule has 1 fully saturated rings. The fraction of sp³-hybridized carbons (Fsp3) is 0.556. The van der Waals surface area contributed by atoms with E-state index in [9.17, 15) is 18.8 Å². The van der Waals surface area contributed by atoms with Crippen LogP contribution in [0.2, 0.25) is 0 Å². The van der Waals surface area contributed by atoms with Crippen molar-refractivity contribution in [3.63, 3.8) is 0 Å². The number of fused-ring (bicyclic) bond motifs is 1. The average molecular weight is 349 g/mol. The zero-order valence-corrected chi connectivity index (χ0v) is 14.1. The molecular weight excluding hydrogens is 328 g/mol. The number of hydrogen-bond donors (Lipinski definition) is 1. The average Bonchev–Trinajstić information content (AvgIpc) is 3.40. The lowest BCUT2D eigenvalue weighted by Crippen LogP contribution is -2.50. The Morgan fingerprint density at radius 2 is 2.28 bits per heavy atom. The van der Waals surface area contributed by atoms with Gasteiger partial charge in [-0.1, -0.05) is 12.1 Å².